The van der Waals surface area contributed by atoms with E-state index in [1.54, 1.807) is 23.5 Å². The van der Waals surface area contributed by atoms with Crippen molar-refractivity contribution in [3.8, 4) is 10.4 Å². The lowest BCUT2D eigenvalue weighted by atomic mass is 10.1. The zero-order chi connectivity index (χ0) is 11.5. The third kappa shape index (κ3) is 2.26. The number of carbonyl (C=O) groups excluding carboxylic acids is 1. The van der Waals surface area contributed by atoms with Crippen molar-refractivity contribution < 1.29 is 9.53 Å². The minimum atomic E-state index is -0.375. The molecule has 2 nitrogen and oxygen atoms in total. The van der Waals surface area contributed by atoms with Gasteiger partial charge in [0.15, 0.2) is 0 Å². The molecular formula is C12H9ClO2S. The van der Waals surface area contributed by atoms with Gasteiger partial charge >= 0.3 is 5.97 Å². The Morgan fingerprint density at radius 3 is 2.81 bits per heavy atom. The van der Waals surface area contributed by atoms with E-state index in [0.29, 0.717) is 10.6 Å². The Hall–Kier alpha value is -1.32. The van der Waals surface area contributed by atoms with E-state index in [-0.39, 0.29) is 5.97 Å². The number of hydrogen-bond acceptors (Lipinski definition) is 3. The van der Waals surface area contributed by atoms with Crippen molar-refractivity contribution in [3.63, 3.8) is 0 Å². The van der Waals surface area contributed by atoms with Gasteiger partial charge in [-0.1, -0.05) is 17.7 Å². The monoisotopic (exact) mass is 252 g/mol. The standard InChI is InChI=1S/C12H9ClO2S/c1-15-12(14)9-5-8(6-10(13)7-9)11-3-2-4-16-11/h2-7H,1H3. The number of methoxy groups -OCH3 is 1. The number of halogens is 1. The van der Waals surface area contributed by atoms with Crippen molar-refractivity contribution in [1.29, 1.82) is 0 Å². The zero-order valence-corrected chi connectivity index (χ0v) is 10.1. The molecule has 0 saturated heterocycles. The van der Waals surface area contributed by atoms with Crippen LogP contribution in [0.15, 0.2) is 35.7 Å². The number of carbonyl (C=O) groups is 1. The molecule has 0 atom stereocenters. The van der Waals surface area contributed by atoms with Crippen LogP contribution in [-0.2, 0) is 4.74 Å². The number of ether oxygens (including phenoxy) is 1. The molecule has 2 aromatic rings. The average Bonchev–Trinajstić information content (AvgIpc) is 2.80. The third-order valence-corrected chi connectivity index (χ3v) is 3.26. The van der Waals surface area contributed by atoms with Crippen molar-refractivity contribution in [2.24, 2.45) is 0 Å². The normalized spacial score (nSPS) is 10.1. The molecule has 0 aliphatic carbocycles. The highest BCUT2D eigenvalue weighted by molar-refractivity contribution is 7.13. The van der Waals surface area contributed by atoms with Gasteiger partial charge in [-0.05, 0) is 35.2 Å². The minimum Gasteiger partial charge on any atom is -0.465 e. The fraction of sp³-hybridized carbons (Fsp3) is 0.0833. The SMILES string of the molecule is COC(=O)c1cc(Cl)cc(-c2cccs2)c1. The highest BCUT2D eigenvalue weighted by Gasteiger charge is 2.09. The molecule has 1 aromatic heterocycles. The summed E-state index contributed by atoms with van der Waals surface area (Å²) in [6.07, 6.45) is 0. The van der Waals surface area contributed by atoms with Crippen LogP contribution in [0.1, 0.15) is 10.4 Å². The minimum absolute atomic E-state index is 0.375. The third-order valence-electron chi connectivity index (χ3n) is 2.12. The van der Waals surface area contributed by atoms with Crippen molar-refractivity contribution in [3.05, 3.63) is 46.3 Å². The molecule has 0 fully saturated rings. The van der Waals surface area contributed by atoms with Gasteiger partial charge in [0, 0.05) is 9.90 Å². The van der Waals surface area contributed by atoms with Crippen molar-refractivity contribution in [2.75, 3.05) is 7.11 Å². The van der Waals surface area contributed by atoms with E-state index in [9.17, 15) is 4.79 Å². The average molecular weight is 253 g/mol. The molecule has 0 radical (unpaired) electrons. The van der Waals surface area contributed by atoms with Crippen molar-refractivity contribution in [2.45, 2.75) is 0 Å². The zero-order valence-electron chi connectivity index (χ0n) is 8.57. The molecule has 0 unspecified atom stereocenters. The predicted molar refractivity (Wildman–Crippen MR) is 66.1 cm³/mol. The first-order valence-electron chi connectivity index (χ1n) is 4.63. The van der Waals surface area contributed by atoms with Gasteiger partial charge in [-0.15, -0.1) is 11.3 Å². The molecule has 0 N–H and O–H groups in total. The van der Waals surface area contributed by atoms with E-state index in [4.69, 9.17) is 11.6 Å². The summed E-state index contributed by atoms with van der Waals surface area (Å²) in [7, 11) is 1.36. The highest BCUT2D eigenvalue weighted by atomic mass is 35.5. The molecule has 82 valence electrons. The Bertz CT molecular complexity index is 506. The molecule has 4 heteroatoms. The fourth-order valence-electron chi connectivity index (χ4n) is 1.41. The Kier molecular flexibility index (Phi) is 3.27. The van der Waals surface area contributed by atoms with Gasteiger partial charge in [-0.3, -0.25) is 0 Å². The van der Waals surface area contributed by atoms with Crippen LogP contribution < -0.4 is 0 Å². The molecule has 2 rings (SSSR count). The summed E-state index contributed by atoms with van der Waals surface area (Å²) in [5, 5.41) is 2.51. The summed E-state index contributed by atoms with van der Waals surface area (Å²) in [6.45, 7) is 0. The maximum Gasteiger partial charge on any atom is 0.337 e. The predicted octanol–water partition coefficient (Wildman–Crippen LogP) is 3.86. The number of rotatable bonds is 2. The van der Waals surface area contributed by atoms with Gasteiger partial charge in [0.1, 0.15) is 0 Å². The summed E-state index contributed by atoms with van der Waals surface area (Å²) >= 11 is 7.57. The lowest BCUT2D eigenvalue weighted by molar-refractivity contribution is 0.0601. The summed E-state index contributed by atoms with van der Waals surface area (Å²) in [6, 6.07) is 9.16. The molecule has 0 amide bonds. The Morgan fingerprint density at radius 1 is 1.38 bits per heavy atom. The maximum atomic E-state index is 11.4. The smallest absolute Gasteiger partial charge is 0.337 e. The molecular weight excluding hydrogens is 244 g/mol. The summed E-state index contributed by atoms with van der Waals surface area (Å²) in [4.78, 5) is 12.5. The van der Waals surface area contributed by atoms with Gasteiger partial charge in [0.25, 0.3) is 0 Å². The summed E-state index contributed by atoms with van der Waals surface area (Å²) < 4.78 is 4.67. The second-order valence-electron chi connectivity index (χ2n) is 3.20. The first-order chi connectivity index (χ1) is 7.70. The van der Waals surface area contributed by atoms with Crippen molar-refractivity contribution in [1.82, 2.24) is 0 Å². The lowest BCUT2D eigenvalue weighted by Gasteiger charge is -2.03. The van der Waals surface area contributed by atoms with E-state index in [0.717, 1.165) is 10.4 Å². The largest absolute Gasteiger partial charge is 0.465 e. The number of benzene rings is 1. The van der Waals surface area contributed by atoms with Gasteiger partial charge < -0.3 is 4.74 Å². The van der Waals surface area contributed by atoms with Crippen molar-refractivity contribution >= 4 is 28.9 Å². The van der Waals surface area contributed by atoms with E-state index in [1.165, 1.54) is 7.11 Å². The number of hydrogen-bond donors (Lipinski definition) is 0. The molecule has 1 aromatic carbocycles. The molecule has 1 heterocycles. The topological polar surface area (TPSA) is 26.3 Å². The number of esters is 1. The van der Waals surface area contributed by atoms with Crippen LogP contribution >= 0.6 is 22.9 Å². The lowest BCUT2D eigenvalue weighted by Crippen LogP contribution is -2.00. The van der Waals surface area contributed by atoms with E-state index >= 15 is 0 Å². The fourth-order valence-corrected chi connectivity index (χ4v) is 2.36. The Morgan fingerprint density at radius 2 is 2.19 bits per heavy atom. The van der Waals surface area contributed by atoms with Crippen LogP contribution in [0.3, 0.4) is 0 Å². The van der Waals surface area contributed by atoms with Gasteiger partial charge in [0.05, 0.1) is 12.7 Å². The first-order valence-corrected chi connectivity index (χ1v) is 5.89. The highest BCUT2D eigenvalue weighted by Crippen LogP contribution is 2.28. The van der Waals surface area contributed by atoms with E-state index in [2.05, 4.69) is 4.74 Å². The van der Waals surface area contributed by atoms with Crippen LogP contribution in [-0.4, -0.2) is 13.1 Å². The Labute approximate surface area is 102 Å². The summed E-state index contributed by atoms with van der Waals surface area (Å²) in [5.41, 5.74) is 1.40. The van der Waals surface area contributed by atoms with Crippen LogP contribution in [0.2, 0.25) is 5.02 Å². The molecule has 0 aliphatic rings. The molecule has 16 heavy (non-hydrogen) atoms. The number of thiophene rings is 1. The van der Waals surface area contributed by atoms with Gasteiger partial charge in [0.2, 0.25) is 0 Å². The Balaban J connectivity index is 2.48. The molecule has 0 spiro atoms. The quantitative estimate of drug-likeness (QED) is 0.759. The molecule has 0 aliphatic heterocycles. The maximum absolute atomic E-state index is 11.4. The first kappa shape index (κ1) is 11.2. The van der Waals surface area contributed by atoms with E-state index in [1.807, 2.05) is 23.6 Å². The van der Waals surface area contributed by atoms with E-state index < -0.39 is 0 Å². The van der Waals surface area contributed by atoms with Crippen LogP contribution in [0.25, 0.3) is 10.4 Å². The molecule has 0 bridgehead atoms. The van der Waals surface area contributed by atoms with Crippen LogP contribution in [0, 0.1) is 0 Å². The van der Waals surface area contributed by atoms with Gasteiger partial charge in [-0.2, -0.15) is 0 Å². The van der Waals surface area contributed by atoms with Crippen LogP contribution in [0.4, 0.5) is 0 Å². The van der Waals surface area contributed by atoms with Crippen LogP contribution in [0.5, 0.6) is 0 Å². The van der Waals surface area contributed by atoms with Gasteiger partial charge in [-0.25, -0.2) is 4.79 Å². The second-order valence-corrected chi connectivity index (χ2v) is 4.58. The molecule has 0 saturated carbocycles. The second kappa shape index (κ2) is 4.68. The summed E-state index contributed by atoms with van der Waals surface area (Å²) in [5.74, 6) is -0.375.